The van der Waals surface area contributed by atoms with E-state index in [1.807, 2.05) is 0 Å². The monoisotopic (exact) mass is 323 g/mol. The molecule has 2 N–H and O–H groups in total. The lowest BCUT2D eigenvalue weighted by atomic mass is 9.93. The van der Waals surface area contributed by atoms with Gasteiger partial charge < -0.3 is 14.9 Å². The first-order valence-electron chi connectivity index (χ1n) is 9.44. The number of hydrogen-bond donors (Lipinski definition) is 2. The smallest absolute Gasteiger partial charge is 0.340 e. The number of rotatable bonds is 9. The molecule has 0 aromatic carbocycles. The Balaban J connectivity index is 2.21. The Morgan fingerprint density at radius 2 is 2.09 bits per heavy atom. The molecule has 4 heteroatoms. The Kier molecular flexibility index (Phi) is 6.29. The van der Waals surface area contributed by atoms with Crippen molar-refractivity contribution in [2.45, 2.75) is 83.8 Å². The minimum absolute atomic E-state index is 0.125. The van der Waals surface area contributed by atoms with E-state index in [4.69, 9.17) is 6.11 Å². The normalized spacial score (nSPS) is 27.7. The molecule has 1 saturated heterocycles. The van der Waals surface area contributed by atoms with Crippen molar-refractivity contribution in [3.8, 4) is 0 Å². The summed E-state index contributed by atoms with van der Waals surface area (Å²) in [5, 5.41) is 20.3. The topological polar surface area (TPSA) is 66.8 Å². The van der Waals surface area contributed by atoms with Gasteiger partial charge in [-0.1, -0.05) is 45.6 Å². The third kappa shape index (κ3) is 4.67. The van der Waals surface area contributed by atoms with Crippen LogP contribution in [0.4, 0.5) is 0 Å². The van der Waals surface area contributed by atoms with Gasteiger partial charge >= 0.3 is 5.97 Å². The Morgan fingerprint density at radius 1 is 1.35 bits per heavy atom. The van der Waals surface area contributed by atoms with Crippen LogP contribution in [-0.2, 0) is 9.53 Å². The van der Waals surface area contributed by atoms with Crippen molar-refractivity contribution in [1.29, 1.82) is 0 Å². The maximum Gasteiger partial charge on any atom is 0.340 e. The maximum atomic E-state index is 11.7. The molecule has 0 saturated carbocycles. The molecule has 0 amide bonds. The molecule has 0 unspecified atom stereocenters. The van der Waals surface area contributed by atoms with Crippen molar-refractivity contribution in [2.75, 3.05) is 0 Å². The molecule has 130 valence electrons. The quantitative estimate of drug-likeness (QED) is 0.502. The highest BCUT2D eigenvalue weighted by Gasteiger charge is 2.41. The molecule has 0 spiro atoms. The van der Waals surface area contributed by atoms with E-state index in [9.17, 15) is 15.0 Å². The highest BCUT2D eigenvalue weighted by atomic mass is 16.6. The minimum atomic E-state index is -1.59. The molecule has 1 aliphatic carbocycles. The largest absolute Gasteiger partial charge is 0.429 e. The van der Waals surface area contributed by atoms with Crippen LogP contribution in [0.2, 0.25) is 0 Å². The summed E-state index contributed by atoms with van der Waals surface area (Å²) in [6.07, 6.45) is 6.14. The summed E-state index contributed by atoms with van der Waals surface area (Å²) < 4.78 is 13.5. The second-order valence-electron chi connectivity index (χ2n) is 6.66. The second-order valence-corrected chi connectivity index (χ2v) is 6.66. The lowest BCUT2D eigenvalue weighted by Crippen LogP contribution is -2.33. The van der Waals surface area contributed by atoms with Crippen LogP contribution in [0.1, 0.15) is 73.0 Å². The predicted octanol–water partition coefficient (Wildman–Crippen LogP) is 3.63. The fraction of sp³-hybridized carbons (Fsp3) is 0.737. The van der Waals surface area contributed by atoms with Crippen molar-refractivity contribution in [3.05, 3.63) is 23.0 Å². The number of aliphatic hydroxyl groups is 2. The van der Waals surface area contributed by atoms with Crippen molar-refractivity contribution >= 4 is 5.97 Å². The molecule has 0 radical (unpaired) electrons. The summed E-state index contributed by atoms with van der Waals surface area (Å²) in [4.78, 5) is 11.7. The number of hydrogen-bond acceptors (Lipinski definition) is 4. The van der Waals surface area contributed by atoms with E-state index in [-0.39, 0.29) is 5.92 Å². The Morgan fingerprint density at radius 3 is 2.78 bits per heavy atom. The van der Waals surface area contributed by atoms with Gasteiger partial charge in [-0.2, -0.15) is 0 Å². The third-order valence-electron chi connectivity index (χ3n) is 4.73. The number of ether oxygens (including phenoxy) is 1. The van der Waals surface area contributed by atoms with Crippen molar-refractivity contribution in [1.82, 2.24) is 0 Å². The maximum absolute atomic E-state index is 11.7. The molecule has 1 heterocycles. The van der Waals surface area contributed by atoms with Crippen LogP contribution in [0.15, 0.2) is 23.0 Å². The van der Waals surface area contributed by atoms with Crippen LogP contribution >= 0.6 is 0 Å². The molecular formula is C19H30O4. The van der Waals surface area contributed by atoms with Gasteiger partial charge in [0.15, 0.2) is 6.10 Å². The number of allylic oxidation sites excluding steroid dienone is 3. The number of fused-ring (bicyclic) bond motifs is 2. The van der Waals surface area contributed by atoms with Gasteiger partial charge in [-0.3, -0.25) is 0 Å². The zero-order chi connectivity index (χ0) is 17.7. The van der Waals surface area contributed by atoms with Crippen molar-refractivity contribution in [3.63, 3.8) is 0 Å². The average Bonchev–Trinajstić information content (AvgIpc) is 2.89. The summed E-state index contributed by atoms with van der Waals surface area (Å²) >= 11 is 0. The van der Waals surface area contributed by atoms with Crippen molar-refractivity contribution < 1.29 is 21.1 Å². The zero-order valence-electron chi connectivity index (χ0n) is 15.3. The Bertz CT molecular complexity index is 521. The molecule has 1 aliphatic heterocycles. The predicted molar refractivity (Wildman–Crippen MR) is 89.6 cm³/mol. The van der Waals surface area contributed by atoms with Crippen molar-refractivity contribution in [2.24, 2.45) is 5.92 Å². The van der Waals surface area contributed by atoms with Gasteiger partial charge in [0.2, 0.25) is 0 Å². The van der Waals surface area contributed by atoms with E-state index in [0.717, 1.165) is 49.7 Å². The standard InChI is InChI=1S/C19H30O4/c1-3-5-7-9-15(20)10-13(8-6-4-2)16-11-14-12-17(16)23-19(22)18(14)21/h10,14-15,18,20-21H,3-9,11-12H2,1-2H3/t14-,15-,18-/m0/s1/i15D. The molecule has 0 aromatic heterocycles. The lowest BCUT2D eigenvalue weighted by molar-refractivity contribution is -0.155. The van der Waals surface area contributed by atoms with E-state index in [0.29, 0.717) is 25.0 Å². The van der Waals surface area contributed by atoms with E-state index < -0.39 is 18.2 Å². The van der Waals surface area contributed by atoms with Crippen LogP contribution in [0.5, 0.6) is 0 Å². The van der Waals surface area contributed by atoms with E-state index in [1.165, 1.54) is 0 Å². The third-order valence-corrected chi connectivity index (χ3v) is 4.73. The van der Waals surface area contributed by atoms with Gasteiger partial charge in [0.25, 0.3) is 0 Å². The number of carbonyl (C=O) groups excluding carboxylic acids is 1. The number of esters is 1. The SMILES string of the molecule is [2H][C@@](O)(C=C(CCCC)C1=C2C[C@H](C1)[C@H](O)C(=O)O2)CCCCC. The minimum Gasteiger partial charge on any atom is -0.429 e. The number of carbonyl (C=O) groups is 1. The van der Waals surface area contributed by atoms with Crippen LogP contribution in [0.3, 0.4) is 0 Å². The first kappa shape index (κ1) is 16.7. The molecule has 0 aromatic rings. The van der Waals surface area contributed by atoms with Crippen LogP contribution in [0.25, 0.3) is 0 Å². The van der Waals surface area contributed by atoms with Gasteiger partial charge in [-0.05, 0) is 36.8 Å². The summed E-state index contributed by atoms with van der Waals surface area (Å²) in [5.41, 5.74) is 1.82. The highest BCUT2D eigenvalue weighted by Crippen LogP contribution is 2.43. The molecule has 2 aliphatic rings. The summed E-state index contributed by atoms with van der Waals surface area (Å²) in [7, 11) is 0. The summed E-state index contributed by atoms with van der Waals surface area (Å²) in [6.45, 7) is 4.19. The molecular weight excluding hydrogens is 292 g/mol. The van der Waals surface area contributed by atoms with E-state index in [1.54, 1.807) is 6.08 Å². The van der Waals surface area contributed by atoms with E-state index in [2.05, 4.69) is 13.8 Å². The van der Waals surface area contributed by atoms with Gasteiger partial charge in [-0.15, -0.1) is 0 Å². The van der Waals surface area contributed by atoms with Crippen LogP contribution in [0, 0.1) is 5.92 Å². The molecule has 4 nitrogen and oxygen atoms in total. The highest BCUT2D eigenvalue weighted by molar-refractivity contribution is 5.78. The fourth-order valence-corrected chi connectivity index (χ4v) is 3.33. The van der Waals surface area contributed by atoms with Crippen LogP contribution < -0.4 is 0 Å². The van der Waals surface area contributed by atoms with Gasteiger partial charge in [0, 0.05) is 12.3 Å². The number of aliphatic hydroxyl groups excluding tert-OH is 1. The molecule has 1 fully saturated rings. The molecule has 2 rings (SSSR count). The zero-order valence-corrected chi connectivity index (χ0v) is 14.3. The van der Waals surface area contributed by atoms with Gasteiger partial charge in [0.1, 0.15) is 5.76 Å². The Labute approximate surface area is 140 Å². The fourth-order valence-electron chi connectivity index (χ4n) is 3.33. The average molecular weight is 323 g/mol. The lowest BCUT2D eigenvalue weighted by Gasteiger charge is -2.21. The Hall–Kier alpha value is -1.13. The van der Waals surface area contributed by atoms with Crippen LogP contribution in [-0.4, -0.2) is 28.4 Å². The molecule has 2 bridgehead atoms. The first-order chi connectivity index (χ1) is 11.4. The van der Waals surface area contributed by atoms with E-state index >= 15 is 0 Å². The molecule has 3 atom stereocenters. The number of unbranched alkanes of at least 4 members (excludes halogenated alkanes) is 3. The van der Waals surface area contributed by atoms with Gasteiger partial charge in [0.05, 0.1) is 7.45 Å². The first-order valence-corrected chi connectivity index (χ1v) is 8.94. The summed E-state index contributed by atoms with van der Waals surface area (Å²) in [5.74, 6) is -0.0719. The summed E-state index contributed by atoms with van der Waals surface area (Å²) in [6, 6.07) is 0. The molecule has 23 heavy (non-hydrogen) atoms. The second kappa shape index (κ2) is 8.65. The van der Waals surface area contributed by atoms with Gasteiger partial charge in [-0.25, -0.2) is 4.79 Å².